The van der Waals surface area contributed by atoms with E-state index in [1.807, 2.05) is 25.0 Å². The van der Waals surface area contributed by atoms with Crippen LogP contribution in [0.3, 0.4) is 0 Å². The van der Waals surface area contributed by atoms with Crippen LogP contribution in [-0.4, -0.2) is 40.5 Å². The summed E-state index contributed by atoms with van der Waals surface area (Å²) in [5.74, 6) is 0. The van der Waals surface area contributed by atoms with Crippen LogP contribution in [0, 0.1) is 0 Å². The Bertz CT molecular complexity index is 537. The molecule has 20 heavy (non-hydrogen) atoms. The fourth-order valence-electron chi connectivity index (χ4n) is 3.05. The Morgan fingerprint density at radius 2 is 2.35 bits per heavy atom. The van der Waals surface area contributed by atoms with Crippen molar-refractivity contribution in [2.75, 3.05) is 13.7 Å². The summed E-state index contributed by atoms with van der Waals surface area (Å²) in [6, 6.07) is 2.66. The zero-order chi connectivity index (χ0) is 13.9. The van der Waals surface area contributed by atoms with Gasteiger partial charge >= 0.3 is 0 Å². The van der Waals surface area contributed by atoms with E-state index in [0.29, 0.717) is 12.1 Å². The predicted molar refractivity (Wildman–Crippen MR) is 80.8 cm³/mol. The number of hydrogen-bond donors (Lipinski definition) is 0. The molecule has 2 atom stereocenters. The fraction of sp³-hybridized carbons (Fsp3) is 0.533. The second-order valence-electron chi connectivity index (χ2n) is 5.46. The first-order chi connectivity index (χ1) is 9.76. The number of methoxy groups -OCH3 is 1. The molecule has 0 aliphatic carbocycles. The number of aromatic nitrogens is 2. The molecule has 2 aromatic heterocycles. The molecule has 3 heterocycles. The lowest BCUT2D eigenvalue weighted by molar-refractivity contribution is 0.0639. The Labute approximate surface area is 124 Å². The summed E-state index contributed by atoms with van der Waals surface area (Å²) < 4.78 is 7.56. The van der Waals surface area contributed by atoms with Crippen molar-refractivity contribution >= 4 is 11.3 Å². The lowest BCUT2D eigenvalue weighted by Crippen LogP contribution is -2.37. The molecule has 5 heteroatoms. The average Bonchev–Trinajstić information content (AvgIpc) is 3.15. The smallest absolute Gasteiger partial charge is 0.0742 e. The molecule has 2 aromatic rings. The first-order valence-corrected chi connectivity index (χ1v) is 7.96. The van der Waals surface area contributed by atoms with Crippen molar-refractivity contribution < 1.29 is 4.74 Å². The van der Waals surface area contributed by atoms with Gasteiger partial charge in [0.15, 0.2) is 0 Å². The molecule has 0 spiro atoms. The number of thiophene rings is 1. The molecular weight excluding hydrogens is 270 g/mol. The number of likely N-dealkylation sites (tertiary alicyclic amines) is 1. The number of rotatable bonds is 5. The molecule has 1 fully saturated rings. The second-order valence-corrected chi connectivity index (χ2v) is 6.24. The Balaban J connectivity index is 1.72. The summed E-state index contributed by atoms with van der Waals surface area (Å²) >= 11 is 1.77. The van der Waals surface area contributed by atoms with Crippen LogP contribution in [0.5, 0.6) is 0 Å². The summed E-state index contributed by atoms with van der Waals surface area (Å²) in [6.07, 6.45) is 6.53. The minimum Gasteiger partial charge on any atom is -0.380 e. The van der Waals surface area contributed by atoms with Crippen LogP contribution in [0.4, 0.5) is 0 Å². The van der Waals surface area contributed by atoms with Crippen LogP contribution in [0.25, 0.3) is 0 Å². The monoisotopic (exact) mass is 291 g/mol. The minimum atomic E-state index is 0.328. The van der Waals surface area contributed by atoms with Crippen molar-refractivity contribution in [3.05, 3.63) is 40.3 Å². The van der Waals surface area contributed by atoms with Crippen molar-refractivity contribution in [2.45, 2.75) is 31.5 Å². The molecule has 0 bridgehead atoms. The molecular formula is C15H21N3OS. The molecule has 0 N–H and O–H groups in total. The molecule has 0 radical (unpaired) electrons. The van der Waals surface area contributed by atoms with Gasteiger partial charge in [-0.1, -0.05) is 0 Å². The lowest BCUT2D eigenvalue weighted by Gasteiger charge is -2.27. The second kappa shape index (κ2) is 6.08. The first kappa shape index (κ1) is 13.8. The molecule has 108 valence electrons. The van der Waals surface area contributed by atoms with Gasteiger partial charge in [0.2, 0.25) is 0 Å². The number of nitrogens with zero attached hydrogens (tertiary/aromatic N) is 3. The molecule has 4 nitrogen and oxygen atoms in total. The van der Waals surface area contributed by atoms with Crippen molar-refractivity contribution in [3.63, 3.8) is 0 Å². The zero-order valence-electron chi connectivity index (χ0n) is 12.0. The normalized spacial score (nSPS) is 23.5. The van der Waals surface area contributed by atoms with Crippen molar-refractivity contribution in [2.24, 2.45) is 7.05 Å². The average molecular weight is 291 g/mol. The molecule has 3 rings (SSSR count). The standard InChI is InChI=1S/C15H21N3OS/c1-17-9-13(8-16-17)7-14-15(19-2)3-5-18(14)10-12-4-6-20-11-12/h4,6,8-9,11,14-15H,3,5,7,10H2,1-2H3/t14-,15+/m0/s1. The molecule has 0 saturated carbocycles. The third-order valence-corrected chi connectivity index (χ3v) is 4.80. The van der Waals surface area contributed by atoms with Gasteiger partial charge in [-0.2, -0.15) is 16.4 Å². The third kappa shape index (κ3) is 2.95. The van der Waals surface area contributed by atoms with Gasteiger partial charge in [-0.25, -0.2) is 0 Å². The fourth-order valence-corrected chi connectivity index (χ4v) is 3.71. The van der Waals surface area contributed by atoms with Gasteiger partial charge in [0.25, 0.3) is 0 Å². The maximum Gasteiger partial charge on any atom is 0.0742 e. The van der Waals surface area contributed by atoms with Crippen molar-refractivity contribution in [1.82, 2.24) is 14.7 Å². The quantitative estimate of drug-likeness (QED) is 0.847. The van der Waals surface area contributed by atoms with E-state index in [9.17, 15) is 0 Å². The van der Waals surface area contributed by atoms with Crippen LogP contribution in [0.1, 0.15) is 17.5 Å². The zero-order valence-corrected chi connectivity index (χ0v) is 12.8. The van der Waals surface area contributed by atoms with Crippen LogP contribution in [0.2, 0.25) is 0 Å². The first-order valence-electron chi connectivity index (χ1n) is 7.01. The molecule has 0 amide bonds. The topological polar surface area (TPSA) is 30.3 Å². The van der Waals surface area contributed by atoms with Crippen molar-refractivity contribution in [1.29, 1.82) is 0 Å². The highest BCUT2D eigenvalue weighted by Crippen LogP contribution is 2.26. The Kier molecular flexibility index (Phi) is 4.19. The molecule has 1 aliphatic rings. The highest BCUT2D eigenvalue weighted by Gasteiger charge is 2.34. The Hall–Kier alpha value is -1.17. The largest absolute Gasteiger partial charge is 0.380 e. The van der Waals surface area contributed by atoms with Gasteiger partial charge in [0.1, 0.15) is 0 Å². The number of ether oxygens (including phenoxy) is 1. The summed E-state index contributed by atoms with van der Waals surface area (Å²) in [5, 5.41) is 8.65. The highest BCUT2D eigenvalue weighted by atomic mass is 32.1. The van der Waals surface area contributed by atoms with E-state index in [1.54, 1.807) is 11.3 Å². The summed E-state index contributed by atoms with van der Waals surface area (Å²) in [6.45, 7) is 2.13. The molecule has 0 unspecified atom stereocenters. The third-order valence-electron chi connectivity index (χ3n) is 4.07. The van der Waals surface area contributed by atoms with Gasteiger partial charge in [-0.05, 0) is 40.8 Å². The molecule has 1 aliphatic heterocycles. The summed E-state index contributed by atoms with van der Waals surface area (Å²) in [4.78, 5) is 2.54. The van der Waals surface area contributed by atoms with E-state index in [1.165, 1.54) is 11.1 Å². The SMILES string of the molecule is CO[C@@H]1CCN(Cc2ccsc2)[C@H]1Cc1cnn(C)c1. The minimum absolute atomic E-state index is 0.328. The Morgan fingerprint density at radius 3 is 3.00 bits per heavy atom. The molecule has 0 aromatic carbocycles. The van der Waals surface area contributed by atoms with Crippen LogP contribution >= 0.6 is 11.3 Å². The maximum absolute atomic E-state index is 5.69. The van der Waals surface area contributed by atoms with E-state index in [-0.39, 0.29) is 0 Å². The van der Waals surface area contributed by atoms with Gasteiger partial charge in [-0.3, -0.25) is 9.58 Å². The number of aryl methyl sites for hydroxylation is 1. The van der Waals surface area contributed by atoms with Gasteiger partial charge in [0.05, 0.1) is 12.3 Å². The molecule has 1 saturated heterocycles. The van der Waals surface area contributed by atoms with E-state index in [0.717, 1.165) is 25.9 Å². The van der Waals surface area contributed by atoms with E-state index in [2.05, 4.69) is 33.0 Å². The highest BCUT2D eigenvalue weighted by molar-refractivity contribution is 7.07. The van der Waals surface area contributed by atoms with E-state index in [4.69, 9.17) is 4.74 Å². The predicted octanol–water partition coefficient (Wildman–Crippen LogP) is 2.31. The maximum atomic E-state index is 5.69. The van der Waals surface area contributed by atoms with Gasteiger partial charge in [-0.15, -0.1) is 0 Å². The lowest BCUT2D eigenvalue weighted by atomic mass is 10.0. The number of hydrogen-bond acceptors (Lipinski definition) is 4. The van der Waals surface area contributed by atoms with E-state index >= 15 is 0 Å². The van der Waals surface area contributed by atoms with Crippen LogP contribution in [0.15, 0.2) is 29.2 Å². The van der Waals surface area contributed by atoms with Gasteiger partial charge < -0.3 is 4.74 Å². The summed E-state index contributed by atoms with van der Waals surface area (Å²) in [5.41, 5.74) is 2.69. The summed E-state index contributed by atoms with van der Waals surface area (Å²) in [7, 11) is 3.80. The van der Waals surface area contributed by atoms with Crippen LogP contribution in [-0.2, 0) is 24.8 Å². The van der Waals surface area contributed by atoms with Crippen LogP contribution < -0.4 is 0 Å². The van der Waals surface area contributed by atoms with Gasteiger partial charge in [0, 0.05) is 39.5 Å². The van der Waals surface area contributed by atoms with E-state index < -0.39 is 0 Å². The van der Waals surface area contributed by atoms with Crippen molar-refractivity contribution in [3.8, 4) is 0 Å². The Morgan fingerprint density at radius 1 is 1.45 bits per heavy atom.